The van der Waals surface area contributed by atoms with Crippen molar-refractivity contribution in [2.45, 2.75) is 26.3 Å². The van der Waals surface area contributed by atoms with Crippen molar-refractivity contribution in [3.8, 4) is 0 Å². The number of esters is 1. The molecule has 0 atom stereocenters. The van der Waals surface area contributed by atoms with Gasteiger partial charge in [0.2, 0.25) is 0 Å². The predicted octanol–water partition coefficient (Wildman–Crippen LogP) is 1.84. The zero-order valence-electron chi connectivity index (χ0n) is 9.28. The fourth-order valence-corrected chi connectivity index (χ4v) is 1.16. The number of carbonyl (C=O) groups excluding carboxylic acids is 1. The number of rotatable bonds is 4. The van der Waals surface area contributed by atoms with Gasteiger partial charge in [-0.1, -0.05) is 0 Å². The molecule has 1 heterocycles. The number of ether oxygens (including phenoxy) is 1. The molecule has 0 unspecified atom stereocenters. The molecule has 82 valence electrons. The van der Waals surface area contributed by atoms with E-state index in [0.29, 0.717) is 6.61 Å². The third kappa shape index (κ3) is 3.23. The molecule has 0 amide bonds. The first-order chi connectivity index (χ1) is 7.06. The molecule has 4 nitrogen and oxygen atoms in total. The highest BCUT2D eigenvalue weighted by Gasteiger charge is 2.28. The Morgan fingerprint density at radius 2 is 2.07 bits per heavy atom. The van der Waals surface area contributed by atoms with Crippen LogP contribution in [0.3, 0.4) is 0 Å². The fourth-order valence-electron chi connectivity index (χ4n) is 1.16. The normalized spacial score (nSPS) is 10.9. The molecule has 0 bridgehead atoms. The lowest BCUT2D eigenvalue weighted by Gasteiger charge is -2.24. The molecule has 0 fully saturated rings. The van der Waals surface area contributed by atoms with Crippen LogP contribution in [0.4, 0.5) is 5.69 Å². The fraction of sp³-hybridized carbons (Fsp3) is 0.455. The zero-order chi connectivity index (χ0) is 11.3. The van der Waals surface area contributed by atoms with Gasteiger partial charge in [0.15, 0.2) is 0 Å². The zero-order valence-corrected chi connectivity index (χ0v) is 9.28. The van der Waals surface area contributed by atoms with Crippen molar-refractivity contribution in [1.29, 1.82) is 0 Å². The van der Waals surface area contributed by atoms with Gasteiger partial charge in [-0.25, -0.2) is 4.79 Å². The Hall–Kier alpha value is -1.58. The number of anilines is 1. The largest absolute Gasteiger partial charge is 0.464 e. The molecule has 1 aromatic rings. The number of hydrogen-bond donors (Lipinski definition) is 1. The summed E-state index contributed by atoms with van der Waals surface area (Å²) in [6.45, 7) is 5.75. The average molecular weight is 208 g/mol. The summed E-state index contributed by atoms with van der Waals surface area (Å²) >= 11 is 0. The van der Waals surface area contributed by atoms with E-state index < -0.39 is 5.54 Å². The summed E-state index contributed by atoms with van der Waals surface area (Å²) in [4.78, 5) is 15.5. The van der Waals surface area contributed by atoms with E-state index in [1.165, 1.54) is 0 Å². The van der Waals surface area contributed by atoms with E-state index in [0.717, 1.165) is 5.69 Å². The van der Waals surface area contributed by atoms with Crippen LogP contribution in [0.15, 0.2) is 24.5 Å². The van der Waals surface area contributed by atoms with E-state index in [9.17, 15) is 4.79 Å². The molecule has 0 aliphatic heterocycles. The minimum absolute atomic E-state index is 0.262. The van der Waals surface area contributed by atoms with Crippen molar-refractivity contribution in [1.82, 2.24) is 4.98 Å². The Morgan fingerprint density at radius 3 is 2.60 bits per heavy atom. The number of pyridine rings is 1. The summed E-state index contributed by atoms with van der Waals surface area (Å²) in [6, 6.07) is 3.61. The summed E-state index contributed by atoms with van der Waals surface area (Å²) in [5.41, 5.74) is 0.125. The van der Waals surface area contributed by atoms with Crippen LogP contribution in [-0.4, -0.2) is 23.1 Å². The molecule has 1 N–H and O–H groups in total. The van der Waals surface area contributed by atoms with Crippen molar-refractivity contribution in [3.05, 3.63) is 24.5 Å². The van der Waals surface area contributed by atoms with Crippen LogP contribution in [0, 0.1) is 0 Å². The molecule has 15 heavy (non-hydrogen) atoms. The lowest BCUT2D eigenvalue weighted by Crippen LogP contribution is -2.41. The molecule has 0 radical (unpaired) electrons. The first-order valence-corrected chi connectivity index (χ1v) is 4.91. The highest BCUT2D eigenvalue weighted by Crippen LogP contribution is 2.15. The Labute approximate surface area is 89.7 Å². The molecule has 4 heteroatoms. The van der Waals surface area contributed by atoms with Crippen LogP contribution in [0.25, 0.3) is 0 Å². The second-order valence-electron chi connectivity index (χ2n) is 3.71. The van der Waals surface area contributed by atoms with Gasteiger partial charge in [-0.15, -0.1) is 0 Å². The molecular formula is C11H16N2O2. The Balaban J connectivity index is 2.68. The first-order valence-electron chi connectivity index (χ1n) is 4.91. The SMILES string of the molecule is CCOC(=O)C(C)(C)Nc1ccncc1. The highest BCUT2D eigenvalue weighted by molar-refractivity contribution is 5.83. The number of hydrogen-bond acceptors (Lipinski definition) is 4. The van der Waals surface area contributed by atoms with Crippen molar-refractivity contribution in [3.63, 3.8) is 0 Å². The van der Waals surface area contributed by atoms with Crippen LogP contribution in [0.2, 0.25) is 0 Å². The minimum atomic E-state index is -0.725. The third-order valence-corrected chi connectivity index (χ3v) is 1.92. The van der Waals surface area contributed by atoms with Gasteiger partial charge in [0.05, 0.1) is 6.61 Å². The van der Waals surface area contributed by atoms with Gasteiger partial charge in [-0.2, -0.15) is 0 Å². The van der Waals surface area contributed by atoms with Gasteiger partial charge in [-0.3, -0.25) is 4.98 Å². The van der Waals surface area contributed by atoms with E-state index in [4.69, 9.17) is 4.74 Å². The molecule has 0 saturated carbocycles. The van der Waals surface area contributed by atoms with Crippen LogP contribution < -0.4 is 5.32 Å². The van der Waals surface area contributed by atoms with Crippen LogP contribution in [0.5, 0.6) is 0 Å². The summed E-state index contributed by atoms with van der Waals surface area (Å²) in [7, 11) is 0. The number of aromatic nitrogens is 1. The molecule has 0 aliphatic rings. The summed E-state index contributed by atoms with van der Waals surface area (Å²) in [5.74, 6) is -0.262. The topological polar surface area (TPSA) is 51.2 Å². The quantitative estimate of drug-likeness (QED) is 0.767. The molecular weight excluding hydrogens is 192 g/mol. The lowest BCUT2D eigenvalue weighted by atomic mass is 10.1. The van der Waals surface area contributed by atoms with Crippen LogP contribution in [-0.2, 0) is 9.53 Å². The van der Waals surface area contributed by atoms with Crippen molar-refractivity contribution >= 4 is 11.7 Å². The first kappa shape index (κ1) is 11.5. The minimum Gasteiger partial charge on any atom is -0.464 e. The Kier molecular flexibility index (Phi) is 3.66. The molecule has 1 rings (SSSR count). The second kappa shape index (κ2) is 4.77. The maximum absolute atomic E-state index is 11.6. The van der Waals surface area contributed by atoms with Gasteiger partial charge in [0.25, 0.3) is 0 Å². The van der Waals surface area contributed by atoms with Gasteiger partial charge in [0, 0.05) is 18.1 Å². The Morgan fingerprint density at radius 1 is 1.47 bits per heavy atom. The smallest absolute Gasteiger partial charge is 0.331 e. The second-order valence-corrected chi connectivity index (χ2v) is 3.71. The molecule has 0 aromatic carbocycles. The van der Waals surface area contributed by atoms with E-state index in [-0.39, 0.29) is 5.97 Å². The number of nitrogens with zero attached hydrogens (tertiary/aromatic N) is 1. The van der Waals surface area contributed by atoms with Crippen molar-refractivity contribution in [2.75, 3.05) is 11.9 Å². The summed E-state index contributed by atoms with van der Waals surface area (Å²) < 4.78 is 4.96. The standard InChI is InChI=1S/C11H16N2O2/c1-4-15-10(14)11(2,3)13-9-5-7-12-8-6-9/h5-8H,4H2,1-3H3,(H,12,13). The predicted molar refractivity (Wildman–Crippen MR) is 58.6 cm³/mol. The molecule has 0 aliphatic carbocycles. The summed E-state index contributed by atoms with van der Waals surface area (Å²) in [5, 5.41) is 3.09. The van der Waals surface area contributed by atoms with Gasteiger partial charge in [0.1, 0.15) is 5.54 Å². The van der Waals surface area contributed by atoms with Gasteiger partial charge in [-0.05, 0) is 32.9 Å². The molecule has 0 saturated heterocycles. The van der Waals surface area contributed by atoms with E-state index in [2.05, 4.69) is 10.3 Å². The average Bonchev–Trinajstić information content (AvgIpc) is 2.19. The summed E-state index contributed by atoms with van der Waals surface area (Å²) in [6.07, 6.45) is 3.34. The highest BCUT2D eigenvalue weighted by atomic mass is 16.5. The van der Waals surface area contributed by atoms with E-state index >= 15 is 0 Å². The molecule has 0 spiro atoms. The van der Waals surface area contributed by atoms with Gasteiger partial charge >= 0.3 is 5.97 Å². The lowest BCUT2D eigenvalue weighted by molar-refractivity contribution is -0.147. The number of carbonyl (C=O) groups is 1. The van der Waals surface area contributed by atoms with E-state index in [1.807, 2.05) is 0 Å². The van der Waals surface area contributed by atoms with Crippen LogP contribution >= 0.6 is 0 Å². The maximum Gasteiger partial charge on any atom is 0.331 e. The van der Waals surface area contributed by atoms with E-state index in [1.54, 1.807) is 45.3 Å². The maximum atomic E-state index is 11.6. The molecule has 1 aromatic heterocycles. The Bertz CT molecular complexity index is 323. The third-order valence-electron chi connectivity index (χ3n) is 1.92. The van der Waals surface area contributed by atoms with Crippen molar-refractivity contribution in [2.24, 2.45) is 0 Å². The monoisotopic (exact) mass is 208 g/mol. The van der Waals surface area contributed by atoms with Crippen LogP contribution in [0.1, 0.15) is 20.8 Å². The number of nitrogens with one attached hydrogen (secondary N) is 1. The van der Waals surface area contributed by atoms with Gasteiger partial charge < -0.3 is 10.1 Å². The van der Waals surface area contributed by atoms with Crippen molar-refractivity contribution < 1.29 is 9.53 Å².